The van der Waals surface area contributed by atoms with Crippen LogP contribution in [0.5, 0.6) is 0 Å². The summed E-state index contributed by atoms with van der Waals surface area (Å²) in [7, 11) is 0. The van der Waals surface area contributed by atoms with E-state index in [1.807, 2.05) is 20.8 Å². The lowest BCUT2D eigenvalue weighted by Crippen LogP contribution is -2.51. The third-order valence-corrected chi connectivity index (χ3v) is 7.64. The molecule has 0 radical (unpaired) electrons. The van der Waals surface area contributed by atoms with Crippen molar-refractivity contribution in [1.29, 1.82) is 0 Å². The number of fused-ring (bicyclic) bond motifs is 3. The Morgan fingerprint density at radius 3 is 2.42 bits per heavy atom. The molecule has 10 heteroatoms. The quantitative estimate of drug-likeness (QED) is 0.364. The summed E-state index contributed by atoms with van der Waals surface area (Å²) in [6.45, 7) is 9.02. The molecule has 1 saturated heterocycles. The molecule has 2 heterocycles. The van der Waals surface area contributed by atoms with E-state index in [1.54, 1.807) is 40.7 Å². The number of Topliss-reactive ketones (excluding diaryl/α,β-unsaturated/α-hetero) is 1. The molecule has 5 rings (SSSR count). The second kappa shape index (κ2) is 11.0. The first-order chi connectivity index (χ1) is 19.0. The minimum Gasteiger partial charge on any atom is -0.444 e. The highest BCUT2D eigenvalue weighted by Gasteiger charge is 2.35. The van der Waals surface area contributed by atoms with Crippen LogP contribution >= 0.6 is 0 Å². The number of hydrogen-bond donors (Lipinski definition) is 2. The summed E-state index contributed by atoms with van der Waals surface area (Å²) < 4.78 is 21.9. The predicted octanol–water partition coefficient (Wildman–Crippen LogP) is 4.25. The van der Waals surface area contributed by atoms with Gasteiger partial charge in [0.25, 0.3) is 5.91 Å². The van der Waals surface area contributed by atoms with Crippen LogP contribution < -0.4 is 5.48 Å². The molecule has 0 saturated carbocycles. The van der Waals surface area contributed by atoms with Gasteiger partial charge < -0.3 is 14.2 Å². The van der Waals surface area contributed by atoms with Gasteiger partial charge in [-0.2, -0.15) is 0 Å². The molecular formula is C30H35FN4O5. The molecule has 3 aromatic rings. The van der Waals surface area contributed by atoms with Crippen LogP contribution in [0.4, 0.5) is 9.18 Å². The third kappa shape index (κ3) is 5.73. The van der Waals surface area contributed by atoms with Crippen molar-refractivity contribution < 1.29 is 28.7 Å². The van der Waals surface area contributed by atoms with E-state index >= 15 is 0 Å². The van der Waals surface area contributed by atoms with E-state index in [0.717, 1.165) is 16.8 Å². The second-order valence-corrected chi connectivity index (χ2v) is 11.6. The summed E-state index contributed by atoms with van der Waals surface area (Å²) >= 11 is 0. The number of hydroxylamine groups is 1. The standard InChI is InChI=1S/C30H35FN4O5/c1-30(2,3)40-29(38)34-14-12-33(13-15-34)18-21-8-10-25-26(27(21)36)23-16-22(31)9-11-24(23)35(25)17-19-4-6-20(7-5-19)28(37)32-39/h4-7,9,11,16,21,39H,8,10,12-15,17-18H2,1-3H3,(H,32,37). The normalized spacial score (nSPS) is 18.1. The number of piperazine rings is 1. The van der Waals surface area contributed by atoms with Gasteiger partial charge in [0.15, 0.2) is 5.78 Å². The fraction of sp³-hybridized carbons (Fsp3) is 0.433. The van der Waals surface area contributed by atoms with Gasteiger partial charge in [0.05, 0.1) is 0 Å². The van der Waals surface area contributed by atoms with E-state index in [9.17, 15) is 18.8 Å². The number of nitrogens with one attached hydrogen (secondary N) is 1. The SMILES string of the molecule is CC(C)(C)OC(=O)N1CCN(CC2CCc3c(c4cc(F)ccc4n3Cc3ccc(C(=O)NO)cc3)C2=O)CC1. The van der Waals surface area contributed by atoms with Crippen molar-refractivity contribution in [3.63, 3.8) is 0 Å². The van der Waals surface area contributed by atoms with E-state index in [-0.39, 0.29) is 23.6 Å². The number of amides is 2. The number of ether oxygens (including phenoxy) is 1. The molecule has 1 unspecified atom stereocenters. The summed E-state index contributed by atoms with van der Waals surface area (Å²) in [6.07, 6.45) is 1.06. The fourth-order valence-electron chi connectivity index (χ4n) is 5.68. The molecule has 2 aliphatic rings. The number of rotatable bonds is 5. The van der Waals surface area contributed by atoms with Gasteiger partial charge in [-0.15, -0.1) is 0 Å². The Morgan fingerprint density at radius 2 is 1.77 bits per heavy atom. The first-order valence-electron chi connectivity index (χ1n) is 13.6. The van der Waals surface area contributed by atoms with E-state index < -0.39 is 11.5 Å². The summed E-state index contributed by atoms with van der Waals surface area (Å²) in [6, 6.07) is 11.4. The van der Waals surface area contributed by atoms with Gasteiger partial charge in [0, 0.05) is 72.9 Å². The number of aromatic nitrogens is 1. The Balaban J connectivity index is 1.33. The highest BCUT2D eigenvalue weighted by atomic mass is 19.1. The lowest BCUT2D eigenvalue weighted by atomic mass is 9.84. The average molecular weight is 551 g/mol. The van der Waals surface area contributed by atoms with Crippen molar-refractivity contribution in [3.05, 3.63) is 70.7 Å². The van der Waals surface area contributed by atoms with Crippen molar-refractivity contribution >= 4 is 28.7 Å². The van der Waals surface area contributed by atoms with Crippen molar-refractivity contribution in [2.24, 2.45) is 5.92 Å². The monoisotopic (exact) mass is 550 g/mol. The Hall–Kier alpha value is -3.76. The molecular weight excluding hydrogens is 515 g/mol. The molecule has 1 fully saturated rings. The van der Waals surface area contributed by atoms with Crippen LogP contribution in [0.15, 0.2) is 42.5 Å². The van der Waals surface area contributed by atoms with Crippen molar-refractivity contribution in [1.82, 2.24) is 19.8 Å². The van der Waals surface area contributed by atoms with Crippen LogP contribution in [-0.2, 0) is 17.7 Å². The van der Waals surface area contributed by atoms with E-state index in [2.05, 4.69) is 9.47 Å². The van der Waals surface area contributed by atoms with Crippen LogP contribution in [0, 0.1) is 11.7 Å². The molecule has 2 N–H and O–H groups in total. The maximum absolute atomic E-state index is 14.4. The maximum Gasteiger partial charge on any atom is 0.410 e. The van der Waals surface area contributed by atoms with Gasteiger partial charge in [-0.05, 0) is 69.5 Å². The summed E-state index contributed by atoms with van der Waals surface area (Å²) in [5.74, 6) is -1.16. The zero-order valence-corrected chi connectivity index (χ0v) is 23.1. The molecule has 1 atom stereocenters. The molecule has 1 aliphatic heterocycles. The number of hydrogen-bond acceptors (Lipinski definition) is 6. The molecule has 212 valence electrons. The molecule has 1 aromatic heterocycles. The molecule has 2 aromatic carbocycles. The van der Waals surface area contributed by atoms with Crippen LogP contribution in [0.3, 0.4) is 0 Å². The van der Waals surface area contributed by atoms with Gasteiger partial charge in [-0.3, -0.25) is 19.7 Å². The Bertz CT molecular complexity index is 1440. The largest absolute Gasteiger partial charge is 0.444 e. The van der Waals surface area contributed by atoms with Crippen molar-refractivity contribution in [2.75, 3.05) is 32.7 Å². The highest BCUT2D eigenvalue weighted by Crippen LogP contribution is 2.36. The number of nitrogens with zero attached hydrogens (tertiary/aromatic N) is 3. The Labute approximate surface area is 232 Å². The second-order valence-electron chi connectivity index (χ2n) is 11.6. The topological polar surface area (TPSA) is 104 Å². The van der Waals surface area contributed by atoms with E-state index in [1.165, 1.54) is 12.1 Å². The van der Waals surface area contributed by atoms with Gasteiger partial charge in [0.1, 0.15) is 11.4 Å². The number of ketones is 1. The molecule has 2 amide bonds. The van der Waals surface area contributed by atoms with E-state index in [0.29, 0.717) is 68.6 Å². The van der Waals surface area contributed by atoms with Crippen LogP contribution in [0.2, 0.25) is 0 Å². The summed E-state index contributed by atoms with van der Waals surface area (Å²) in [4.78, 5) is 41.9. The van der Waals surface area contributed by atoms with Crippen LogP contribution in [-0.4, -0.2) is 75.7 Å². The van der Waals surface area contributed by atoms with Crippen molar-refractivity contribution in [2.45, 2.75) is 45.8 Å². The Kier molecular flexibility index (Phi) is 7.65. The van der Waals surface area contributed by atoms with Crippen molar-refractivity contribution in [3.8, 4) is 0 Å². The molecule has 0 spiro atoms. The van der Waals surface area contributed by atoms with Gasteiger partial charge in [-0.25, -0.2) is 14.7 Å². The molecule has 9 nitrogen and oxygen atoms in total. The summed E-state index contributed by atoms with van der Waals surface area (Å²) in [5, 5.41) is 9.49. The number of carbonyl (C=O) groups is 3. The molecule has 40 heavy (non-hydrogen) atoms. The third-order valence-electron chi connectivity index (χ3n) is 7.64. The van der Waals surface area contributed by atoms with Crippen LogP contribution in [0.1, 0.15) is 59.2 Å². The highest BCUT2D eigenvalue weighted by molar-refractivity contribution is 6.11. The lowest BCUT2D eigenvalue weighted by Gasteiger charge is -2.37. The zero-order chi connectivity index (χ0) is 28.6. The summed E-state index contributed by atoms with van der Waals surface area (Å²) in [5.41, 5.74) is 4.61. The number of benzene rings is 2. The zero-order valence-electron chi connectivity index (χ0n) is 23.1. The minimum absolute atomic E-state index is 0.0279. The predicted molar refractivity (Wildman–Crippen MR) is 147 cm³/mol. The number of halogens is 1. The lowest BCUT2D eigenvalue weighted by molar-refractivity contribution is 0.0130. The maximum atomic E-state index is 14.4. The first-order valence-corrected chi connectivity index (χ1v) is 13.6. The fourth-order valence-corrected chi connectivity index (χ4v) is 5.68. The van der Waals surface area contributed by atoms with Gasteiger partial charge in [0.2, 0.25) is 0 Å². The Morgan fingerprint density at radius 1 is 1.07 bits per heavy atom. The number of carbonyl (C=O) groups excluding carboxylic acids is 3. The minimum atomic E-state index is -0.589. The smallest absolute Gasteiger partial charge is 0.410 e. The van der Waals surface area contributed by atoms with Gasteiger partial charge >= 0.3 is 6.09 Å². The van der Waals surface area contributed by atoms with Crippen LogP contribution in [0.25, 0.3) is 10.9 Å². The van der Waals surface area contributed by atoms with E-state index in [4.69, 9.17) is 9.94 Å². The molecule has 0 bridgehead atoms. The first kappa shape index (κ1) is 27.8. The average Bonchev–Trinajstić information content (AvgIpc) is 3.22. The van der Waals surface area contributed by atoms with Gasteiger partial charge in [-0.1, -0.05) is 12.1 Å². The molecule has 1 aliphatic carbocycles.